The lowest BCUT2D eigenvalue weighted by Crippen LogP contribution is -2.42. The van der Waals surface area contributed by atoms with Crippen molar-refractivity contribution in [1.82, 2.24) is 10.6 Å². The summed E-state index contributed by atoms with van der Waals surface area (Å²) < 4.78 is 0. The van der Waals surface area contributed by atoms with Gasteiger partial charge in [0.15, 0.2) is 0 Å². The van der Waals surface area contributed by atoms with Crippen LogP contribution in [0.4, 0.5) is 0 Å². The molecule has 1 amide bonds. The highest BCUT2D eigenvalue weighted by Gasteiger charge is 2.31. The molecule has 1 heterocycles. The molecular formula is C13H24N2O. The average molecular weight is 224 g/mol. The van der Waals surface area contributed by atoms with Crippen molar-refractivity contribution in [2.75, 3.05) is 13.1 Å². The number of nitrogens with one attached hydrogen (secondary N) is 2. The van der Waals surface area contributed by atoms with Crippen LogP contribution in [0.2, 0.25) is 0 Å². The zero-order valence-corrected chi connectivity index (χ0v) is 10.5. The third-order valence-electron chi connectivity index (χ3n) is 4.14. The first-order chi connectivity index (χ1) is 7.66. The molecule has 3 nitrogen and oxygen atoms in total. The summed E-state index contributed by atoms with van der Waals surface area (Å²) in [6.45, 7) is 6.29. The van der Waals surface area contributed by atoms with Crippen LogP contribution in [0.5, 0.6) is 0 Å². The molecule has 2 rings (SSSR count). The minimum Gasteiger partial charge on any atom is -0.353 e. The Morgan fingerprint density at radius 3 is 2.69 bits per heavy atom. The lowest BCUT2D eigenvalue weighted by Gasteiger charge is -2.28. The van der Waals surface area contributed by atoms with Gasteiger partial charge >= 0.3 is 0 Å². The molecule has 1 saturated heterocycles. The molecule has 0 radical (unpaired) electrons. The van der Waals surface area contributed by atoms with Crippen molar-refractivity contribution in [3.63, 3.8) is 0 Å². The lowest BCUT2D eigenvalue weighted by atomic mass is 9.86. The molecule has 0 aromatic rings. The minimum absolute atomic E-state index is 0.192. The van der Waals surface area contributed by atoms with E-state index in [4.69, 9.17) is 0 Å². The van der Waals surface area contributed by atoms with Gasteiger partial charge in [-0.05, 0) is 31.2 Å². The molecule has 1 saturated carbocycles. The molecule has 92 valence electrons. The Morgan fingerprint density at radius 2 is 2.06 bits per heavy atom. The van der Waals surface area contributed by atoms with Crippen molar-refractivity contribution >= 4 is 5.91 Å². The van der Waals surface area contributed by atoms with E-state index in [-0.39, 0.29) is 11.8 Å². The highest BCUT2D eigenvalue weighted by atomic mass is 16.2. The normalized spacial score (nSPS) is 39.6. The van der Waals surface area contributed by atoms with Gasteiger partial charge < -0.3 is 10.6 Å². The summed E-state index contributed by atoms with van der Waals surface area (Å²) in [5.74, 6) is 1.73. The second kappa shape index (κ2) is 5.17. The van der Waals surface area contributed by atoms with Crippen LogP contribution in [0.1, 0.15) is 39.5 Å². The molecule has 4 atom stereocenters. The summed E-state index contributed by atoms with van der Waals surface area (Å²) in [4.78, 5) is 12.1. The molecule has 0 aromatic heterocycles. The number of hydrogen-bond acceptors (Lipinski definition) is 2. The second-order valence-electron chi connectivity index (χ2n) is 5.72. The molecule has 4 unspecified atom stereocenters. The number of rotatable bonds is 2. The van der Waals surface area contributed by atoms with Gasteiger partial charge in [0.2, 0.25) is 5.91 Å². The largest absolute Gasteiger partial charge is 0.353 e. The van der Waals surface area contributed by atoms with Gasteiger partial charge in [0.05, 0.1) is 5.92 Å². The predicted molar refractivity (Wildman–Crippen MR) is 65.1 cm³/mol. The summed E-state index contributed by atoms with van der Waals surface area (Å²) in [6.07, 6.45) is 4.93. The SMILES string of the molecule is CC1CCCC(NC(=O)C2CNCC2C)C1. The van der Waals surface area contributed by atoms with Crippen LogP contribution in [0.3, 0.4) is 0 Å². The smallest absolute Gasteiger partial charge is 0.224 e. The van der Waals surface area contributed by atoms with Gasteiger partial charge in [-0.2, -0.15) is 0 Å². The van der Waals surface area contributed by atoms with Crippen LogP contribution >= 0.6 is 0 Å². The van der Waals surface area contributed by atoms with Gasteiger partial charge in [-0.3, -0.25) is 4.79 Å². The Hall–Kier alpha value is -0.570. The molecule has 2 fully saturated rings. The zero-order chi connectivity index (χ0) is 11.5. The van der Waals surface area contributed by atoms with Gasteiger partial charge in [-0.25, -0.2) is 0 Å². The van der Waals surface area contributed by atoms with E-state index in [0.717, 1.165) is 19.0 Å². The van der Waals surface area contributed by atoms with Gasteiger partial charge in [0, 0.05) is 12.6 Å². The van der Waals surface area contributed by atoms with Crippen molar-refractivity contribution in [2.24, 2.45) is 17.8 Å². The number of amides is 1. The number of hydrogen-bond donors (Lipinski definition) is 2. The fourth-order valence-corrected chi connectivity index (χ4v) is 3.03. The Kier molecular flexibility index (Phi) is 3.85. The first kappa shape index (κ1) is 11.9. The van der Waals surface area contributed by atoms with E-state index >= 15 is 0 Å². The second-order valence-corrected chi connectivity index (χ2v) is 5.72. The monoisotopic (exact) mass is 224 g/mol. The summed E-state index contributed by atoms with van der Waals surface area (Å²) >= 11 is 0. The predicted octanol–water partition coefficient (Wildman–Crippen LogP) is 1.54. The van der Waals surface area contributed by atoms with Crippen LogP contribution in [0.15, 0.2) is 0 Å². The summed E-state index contributed by atoms with van der Waals surface area (Å²) in [5.41, 5.74) is 0. The molecular weight excluding hydrogens is 200 g/mol. The van der Waals surface area contributed by atoms with E-state index in [1.54, 1.807) is 0 Å². The maximum absolute atomic E-state index is 12.1. The molecule has 0 bridgehead atoms. The Morgan fingerprint density at radius 1 is 1.25 bits per heavy atom. The first-order valence-electron chi connectivity index (χ1n) is 6.68. The fourth-order valence-electron chi connectivity index (χ4n) is 3.03. The average Bonchev–Trinajstić information content (AvgIpc) is 2.64. The van der Waals surface area contributed by atoms with E-state index < -0.39 is 0 Å². The number of carbonyl (C=O) groups is 1. The topological polar surface area (TPSA) is 41.1 Å². The van der Waals surface area contributed by atoms with Crippen LogP contribution in [-0.2, 0) is 4.79 Å². The van der Waals surface area contributed by atoms with E-state index in [2.05, 4.69) is 24.5 Å². The van der Waals surface area contributed by atoms with Crippen LogP contribution in [0.25, 0.3) is 0 Å². The molecule has 2 aliphatic rings. The van der Waals surface area contributed by atoms with Crippen molar-refractivity contribution in [3.05, 3.63) is 0 Å². The third kappa shape index (κ3) is 2.76. The molecule has 3 heteroatoms. The summed E-state index contributed by atoms with van der Waals surface area (Å²) in [6, 6.07) is 0.434. The van der Waals surface area contributed by atoms with Gasteiger partial charge in [-0.15, -0.1) is 0 Å². The van der Waals surface area contributed by atoms with Crippen LogP contribution in [0, 0.1) is 17.8 Å². The van der Waals surface area contributed by atoms with Crippen molar-refractivity contribution in [3.8, 4) is 0 Å². The Labute approximate surface area is 98.4 Å². The van der Waals surface area contributed by atoms with E-state index in [1.807, 2.05) is 0 Å². The number of carbonyl (C=O) groups excluding carboxylic acids is 1. The molecule has 1 aliphatic carbocycles. The zero-order valence-electron chi connectivity index (χ0n) is 10.5. The Bertz CT molecular complexity index is 254. The quantitative estimate of drug-likeness (QED) is 0.747. The molecule has 2 N–H and O–H groups in total. The van der Waals surface area contributed by atoms with Gasteiger partial charge in [0.1, 0.15) is 0 Å². The summed E-state index contributed by atoms with van der Waals surface area (Å²) in [7, 11) is 0. The van der Waals surface area contributed by atoms with Crippen LogP contribution < -0.4 is 10.6 Å². The van der Waals surface area contributed by atoms with E-state index in [0.29, 0.717) is 12.0 Å². The first-order valence-corrected chi connectivity index (χ1v) is 6.68. The van der Waals surface area contributed by atoms with Crippen molar-refractivity contribution in [2.45, 2.75) is 45.6 Å². The van der Waals surface area contributed by atoms with Crippen LogP contribution in [-0.4, -0.2) is 25.0 Å². The maximum atomic E-state index is 12.1. The standard InChI is InChI=1S/C13H24N2O/c1-9-4-3-5-11(6-9)15-13(16)12-8-14-7-10(12)2/h9-12,14H,3-8H2,1-2H3,(H,15,16). The van der Waals surface area contributed by atoms with Gasteiger partial charge in [0.25, 0.3) is 0 Å². The molecule has 16 heavy (non-hydrogen) atoms. The lowest BCUT2D eigenvalue weighted by molar-refractivity contribution is -0.126. The van der Waals surface area contributed by atoms with E-state index in [9.17, 15) is 4.79 Å². The summed E-state index contributed by atoms with van der Waals surface area (Å²) in [5, 5.41) is 6.53. The fraction of sp³-hybridized carbons (Fsp3) is 0.923. The Balaban J connectivity index is 1.82. The minimum atomic E-state index is 0.192. The third-order valence-corrected chi connectivity index (χ3v) is 4.14. The van der Waals surface area contributed by atoms with Crippen molar-refractivity contribution < 1.29 is 4.79 Å². The van der Waals surface area contributed by atoms with Crippen molar-refractivity contribution in [1.29, 1.82) is 0 Å². The highest BCUT2D eigenvalue weighted by molar-refractivity contribution is 5.79. The highest BCUT2D eigenvalue weighted by Crippen LogP contribution is 2.24. The van der Waals surface area contributed by atoms with Gasteiger partial charge in [-0.1, -0.05) is 26.7 Å². The van der Waals surface area contributed by atoms with E-state index in [1.165, 1.54) is 25.7 Å². The molecule has 0 spiro atoms. The molecule has 1 aliphatic heterocycles. The maximum Gasteiger partial charge on any atom is 0.224 e. The molecule has 0 aromatic carbocycles.